The number of hydrogen-bond acceptors (Lipinski definition) is 16. The molecule has 23 heteroatoms. The van der Waals surface area contributed by atoms with Crippen molar-refractivity contribution >= 4 is 101 Å². The Morgan fingerprint density at radius 3 is 1.83 bits per heavy atom. The minimum Gasteiger partial charge on any atom is -0.493 e. The summed E-state index contributed by atoms with van der Waals surface area (Å²) in [5.41, 5.74) is 9.15. The Labute approximate surface area is 509 Å². The fraction of sp³-hybridized carbons (Fsp3) is 0.413. The topological polar surface area (TPSA) is 251 Å². The first-order valence-corrected chi connectivity index (χ1v) is 32.4. The highest BCUT2D eigenvalue weighted by Crippen LogP contribution is 2.44. The smallest absolute Gasteiger partial charge is 0.276 e. The van der Waals surface area contributed by atoms with E-state index in [1.54, 1.807) is 18.2 Å². The van der Waals surface area contributed by atoms with Gasteiger partial charge >= 0.3 is 0 Å². The zero-order valence-corrected chi connectivity index (χ0v) is 51.8. The van der Waals surface area contributed by atoms with Crippen LogP contribution in [0.3, 0.4) is 0 Å². The molecular weight excluding hydrogens is 1160 g/mol. The second-order valence-corrected chi connectivity index (χ2v) is 27.6. The molecule has 5 amide bonds. The molecule has 0 aromatic heterocycles. The van der Waals surface area contributed by atoms with E-state index < -0.39 is 37.8 Å². The number of benzene rings is 5. The molecule has 86 heavy (non-hydrogen) atoms. The van der Waals surface area contributed by atoms with Gasteiger partial charge in [0.15, 0.2) is 22.5 Å². The van der Waals surface area contributed by atoms with Gasteiger partial charge in [-0.3, -0.25) is 38.1 Å². The van der Waals surface area contributed by atoms with Gasteiger partial charge in [-0.1, -0.05) is 58.0 Å². The van der Waals surface area contributed by atoms with Crippen LogP contribution in [-0.2, 0) is 60.1 Å². The van der Waals surface area contributed by atoms with Crippen molar-refractivity contribution in [3.63, 3.8) is 0 Å². The lowest BCUT2D eigenvalue weighted by Gasteiger charge is -2.25. The van der Waals surface area contributed by atoms with Crippen molar-refractivity contribution in [2.24, 2.45) is 0 Å². The Bertz CT molecular complexity index is 3580. The fourth-order valence-corrected chi connectivity index (χ4v) is 15.1. The summed E-state index contributed by atoms with van der Waals surface area (Å²) in [6, 6.07) is 28.7. The molecule has 1 unspecified atom stereocenters. The second-order valence-electron chi connectivity index (χ2n) is 22.8. The van der Waals surface area contributed by atoms with Gasteiger partial charge in [0.05, 0.1) is 48.2 Å². The monoisotopic (exact) mass is 1230 g/mol. The third kappa shape index (κ3) is 14.8. The van der Waals surface area contributed by atoms with E-state index in [4.69, 9.17) is 14.2 Å². The second kappa shape index (κ2) is 27.0. The molecule has 0 radical (unpaired) electrons. The van der Waals surface area contributed by atoms with Gasteiger partial charge in [-0.15, -0.1) is 0 Å². The summed E-state index contributed by atoms with van der Waals surface area (Å²) in [4.78, 5) is 100. The third-order valence-corrected chi connectivity index (χ3v) is 20.5. The largest absolute Gasteiger partial charge is 0.493 e. The lowest BCUT2D eigenvalue weighted by Crippen LogP contribution is -2.41. The van der Waals surface area contributed by atoms with Crippen molar-refractivity contribution in [2.45, 2.75) is 114 Å². The Kier molecular flexibility index (Phi) is 19.7. The quantitative estimate of drug-likeness (QED) is 0.0231. The Morgan fingerprint density at radius 1 is 0.698 bits per heavy atom. The SMILES string of the molecule is CNC(=O)C(CCSSC(C)(C)CCC(=O)CCC(=O)NCC(=O)CCC(=O)Nc1cc(COc2cc3c(cc2C)C(=O)N2c4ccccc4C[C@H]2CN3C)cc(COc2cc3c(cc2OC)C(=O)N2c4ccccc4C[C@H]2CN3C)c1)S(=O)(=O)O. The van der Waals surface area contributed by atoms with Crippen LogP contribution in [-0.4, -0.2) is 130 Å². The number of nitrogens with zero attached hydrogens (tertiary/aromatic N) is 4. The molecule has 0 fully saturated rings. The summed E-state index contributed by atoms with van der Waals surface area (Å²) in [7, 11) is 4.94. The normalized spacial score (nSPS) is 16.3. The van der Waals surface area contributed by atoms with Gasteiger partial charge in [0.2, 0.25) is 17.7 Å². The zero-order valence-electron chi connectivity index (χ0n) is 49.4. The number of hydrogen-bond donors (Lipinski definition) is 4. The number of carbonyl (C=O) groups excluding carboxylic acids is 7. The maximum Gasteiger partial charge on any atom is 0.276 e. The predicted octanol–water partition coefficient (Wildman–Crippen LogP) is 8.29. The van der Waals surface area contributed by atoms with Crippen molar-refractivity contribution < 1.29 is 60.7 Å². The summed E-state index contributed by atoms with van der Waals surface area (Å²) in [6.45, 7) is 6.72. The van der Waals surface area contributed by atoms with E-state index in [1.165, 1.54) is 35.7 Å². The van der Waals surface area contributed by atoms with E-state index in [9.17, 15) is 46.5 Å². The van der Waals surface area contributed by atoms with Crippen LogP contribution in [0.15, 0.2) is 91.0 Å². The highest BCUT2D eigenvalue weighted by molar-refractivity contribution is 8.77. The van der Waals surface area contributed by atoms with Crippen molar-refractivity contribution in [3.8, 4) is 17.2 Å². The lowest BCUT2D eigenvalue weighted by atomic mass is 10.0. The number of carbonyl (C=O) groups is 7. The number of aryl methyl sites for hydroxylation is 1. The van der Waals surface area contributed by atoms with E-state index in [1.807, 2.05) is 105 Å². The van der Waals surface area contributed by atoms with E-state index in [0.717, 1.165) is 46.6 Å². The molecule has 4 aliphatic heterocycles. The molecular formula is C63H73N7O13S3. The molecule has 3 atom stereocenters. The summed E-state index contributed by atoms with van der Waals surface area (Å²) in [5, 5.41) is 6.16. The van der Waals surface area contributed by atoms with Gasteiger partial charge in [-0.2, -0.15) is 8.42 Å². The van der Waals surface area contributed by atoms with Crippen molar-refractivity contribution in [1.82, 2.24) is 10.6 Å². The summed E-state index contributed by atoms with van der Waals surface area (Å²) < 4.78 is 51.2. The summed E-state index contributed by atoms with van der Waals surface area (Å²) in [6.07, 6.45) is 1.54. The van der Waals surface area contributed by atoms with Gasteiger partial charge in [-0.25, -0.2) is 0 Å². The molecule has 0 saturated carbocycles. The summed E-state index contributed by atoms with van der Waals surface area (Å²) in [5.74, 6) is -0.838. The number of amides is 5. The number of ketones is 2. The number of Topliss-reactive ketones (excluding diaryl/α,β-unsaturated/α-hetero) is 2. The Hall–Kier alpha value is -7.60. The first kappa shape index (κ1) is 62.9. The van der Waals surface area contributed by atoms with Crippen LogP contribution in [0.1, 0.15) is 107 Å². The van der Waals surface area contributed by atoms with E-state index in [-0.39, 0.29) is 99.5 Å². The van der Waals surface area contributed by atoms with Crippen LogP contribution in [0.5, 0.6) is 17.2 Å². The minimum absolute atomic E-state index is 0.0179. The zero-order chi connectivity index (χ0) is 61.6. The van der Waals surface area contributed by atoms with Crippen LogP contribution < -0.4 is 49.8 Å². The first-order chi connectivity index (χ1) is 41.0. The number of methoxy groups -OCH3 is 1. The molecule has 456 valence electrons. The summed E-state index contributed by atoms with van der Waals surface area (Å²) >= 11 is 0. The van der Waals surface area contributed by atoms with E-state index in [2.05, 4.69) is 37.9 Å². The molecule has 9 rings (SSSR count). The maximum atomic E-state index is 14.3. The van der Waals surface area contributed by atoms with Crippen LogP contribution in [0.2, 0.25) is 0 Å². The third-order valence-electron chi connectivity index (χ3n) is 15.9. The Balaban J connectivity index is 0.826. The van der Waals surface area contributed by atoms with Gasteiger partial charge in [0.25, 0.3) is 21.9 Å². The van der Waals surface area contributed by atoms with Gasteiger partial charge in [-0.05, 0) is 117 Å². The standard InChI is InChI=1S/C63H73N7O13S3/c1-38-24-48-52(67(5)34-44-28-41-12-8-10-14-50(41)69(44)61(48)76)31-54(38)82-36-39-25-40(37-83-56-32-53-49(30-55(56)81-7)62(77)70-45(35-68(53)6)29-42-13-9-11-15-51(42)70)27-43(26-39)66-59(74)19-17-47(72)33-65-58(73)18-16-46(71)20-22-63(2,3)85-84-23-21-57(60(75)64-4)86(78,79)80/h8-15,24-27,30-32,44-45,57H,16-23,28-29,33-37H2,1-7H3,(H,64,75)(H,65,73)(H,66,74)(H,78,79,80)/t44-,45-,57?/m0/s1. The fourth-order valence-electron chi connectivity index (χ4n) is 11.4. The minimum atomic E-state index is -4.56. The molecule has 0 saturated heterocycles. The van der Waals surface area contributed by atoms with E-state index >= 15 is 0 Å². The van der Waals surface area contributed by atoms with Crippen molar-refractivity contribution in [1.29, 1.82) is 0 Å². The average Bonchev–Trinajstić information content (AvgIpc) is 1.73. The van der Waals surface area contributed by atoms with E-state index in [0.29, 0.717) is 70.4 Å². The van der Waals surface area contributed by atoms with Crippen LogP contribution in [0.25, 0.3) is 0 Å². The number of anilines is 5. The van der Waals surface area contributed by atoms with Crippen LogP contribution >= 0.6 is 21.6 Å². The first-order valence-electron chi connectivity index (χ1n) is 28.6. The van der Waals surface area contributed by atoms with Crippen molar-refractivity contribution in [3.05, 3.63) is 130 Å². The Morgan fingerprint density at radius 2 is 1.24 bits per heavy atom. The molecule has 0 aliphatic carbocycles. The molecule has 4 aliphatic rings. The number of ether oxygens (including phenoxy) is 3. The van der Waals surface area contributed by atoms with Crippen LogP contribution in [0.4, 0.5) is 28.4 Å². The number of likely N-dealkylation sites (N-methyl/N-ethyl adjacent to an activating group) is 2. The molecule has 4 N–H and O–H groups in total. The number of para-hydroxylation sites is 2. The molecule has 5 aromatic rings. The van der Waals surface area contributed by atoms with Gasteiger partial charge < -0.3 is 49.8 Å². The molecule has 4 heterocycles. The number of nitrogens with one attached hydrogen (secondary N) is 3. The lowest BCUT2D eigenvalue weighted by molar-refractivity contribution is -0.127. The van der Waals surface area contributed by atoms with Gasteiger partial charge in [0, 0.05) is 106 Å². The molecule has 0 bridgehead atoms. The predicted molar refractivity (Wildman–Crippen MR) is 335 cm³/mol. The molecule has 5 aromatic carbocycles. The maximum absolute atomic E-state index is 14.3. The van der Waals surface area contributed by atoms with Crippen molar-refractivity contribution in [2.75, 3.05) is 78.6 Å². The highest BCUT2D eigenvalue weighted by Gasteiger charge is 2.41. The number of rotatable bonds is 26. The van der Waals surface area contributed by atoms with Gasteiger partial charge in [0.1, 0.15) is 24.7 Å². The van der Waals surface area contributed by atoms with Crippen LogP contribution in [0, 0.1) is 6.92 Å². The molecule has 20 nitrogen and oxygen atoms in total. The highest BCUT2D eigenvalue weighted by atomic mass is 33.1. The average molecular weight is 1230 g/mol. The molecule has 0 spiro atoms. The number of fused-ring (bicyclic) bond motifs is 8.